The Balaban J connectivity index is 1.94. The number of hydrogen-bond donors (Lipinski definition) is 0. The zero-order valence-corrected chi connectivity index (χ0v) is 13.3. The average molecular weight is 374 g/mol. The lowest BCUT2D eigenvalue weighted by molar-refractivity contribution is 0.628. The fourth-order valence-corrected chi connectivity index (χ4v) is 4.53. The maximum Gasteiger partial charge on any atom is 0.213 e. The highest BCUT2D eigenvalue weighted by Gasteiger charge is 2.13. The normalized spacial score (nSPS) is 12.9. The molecular weight excluding hydrogens is 365 g/mol. The van der Waals surface area contributed by atoms with E-state index in [2.05, 4.69) is 26.0 Å². The second-order valence-electron chi connectivity index (χ2n) is 3.97. The lowest BCUT2D eigenvalue weighted by atomic mass is 10.2. The second-order valence-corrected chi connectivity index (χ2v) is 7.46. The average Bonchev–Trinajstić information content (AvgIpc) is 2.98. The van der Waals surface area contributed by atoms with Crippen molar-refractivity contribution in [2.24, 2.45) is 0 Å². The third-order valence-corrected chi connectivity index (χ3v) is 6.11. The molecule has 0 spiro atoms. The van der Waals surface area contributed by atoms with E-state index >= 15 is 0 Å². The molecule has 2 aromatic heterocycles. The highest BCUT2D eigenvalue weighted by molar-refractivity contribution is 9.09. The van der Waals surface area contributed by atoms with E-state index in [1.165, 1.54) is 23.5 Å². The van der Waals surface area contributed by atoms with Gasteiger partial charge in [0.15, 0.2) is 0 Å². The molecule has 0 saturated carbocycles. The number of hydrogen-bond acceptors (Lipinski definition) is 4. The minimum Gasteiger partial charge on any atom is -0.252 e. The maximum atomic E-state index is 12.9. The quantitative estimate of drug-likeness (QED) is 0.660. The minimum atomic E-state index is -1.10. The van der Waals surface area contributed by atoms with Crippen molar-refractivity contribution in [3.05, 3.63) is 36.3 Å². The first-order chi connectivity index (χ1) is 9.67. The van der Waals surface area contributed by atoms with Gasteiger partial charge < -0.3 is 0 Å². The van der Waals surface area contributed by atoms with Crippen molar-refractivity contribution in [3.63, 3.8) is 0 Å². The lowest BCUT2D eigenvalue weighted by Crippen LogP contribution is -1.98. The number of aromatic nitrogens is 3. The number of benzene rings is 1. The van der Waals surface area contributed by atoms with Crippen LogP contribution in [0.1, 0.15) is 0 Å². The van der Waals surface area contributed by atoms with Crippen LogP contribution in [-0.2, 0) is 10.8 Å². The van der Waals surface area contributed by atoms with E-state index in [0.29, 0.717) is 20.4 Å². The fraction of sp³-hybridized carbons (Fsp3) is 0.167. The van der Waals surface area contributed by atoms with Crippen molar-refractivity contribution in [3.8, 4) is 11.3 Å². The molecular formula is C12H9BrFN3OS2. The van der Waals surface area contributed by atoms with Gasteiger partial charge in [-0.1, -0.05) is 27.3 Å². The molecule has 1 aromatic carbocycles. The molecule has 104 valence electrons. The van der Waals surface area contributed by atoms with Crippen LogP contribution in [0.2, 0.25) is 0 Å². The van der Waals surface area contributed by atoms with Crippen molar-refractivity contribution in [2.45, 2.75) is 4.34 Å². The summed E-state index contributed by atoms with van der Waals surface area (Å²) in [6.45, 7) is 0. The summed E-state index contributed by atoms with van der Waals surface area (Å²) in [5, 5.41) is 4.94. The van der Waals surface area contributed by atoms with Gasteiger partial charge in [0.1, 0.15) is 5.82 Å². The molecule has 0 amide bonds. The first kappa shape index (κ1) is 13.8. The van der Waals surface area contributed by atoms with E-state index in [1.807, 2.05) is 0 Å². The SMILES string of the molecule is O=S(CCBr)c1nn2cc(-c3ccc(F)cc3)nc2s1. The lowest BCUT2D eigenvalue weighted by Gasteiger charge is -1.95. The van der Waals surface area contributed by atoms with Crippen molar-refractivity contribution in [2.75, 3.05) is 11.1 Å². The van der Waals surface area contributed by atoms with Crippen molar-refractivity contribution in [1.29, 1.82) is 0 Å². The zero-order valence-electron chi connectivity index (χ0n) is 10.1. The molecule has 2 heterocycles. The molecule has 4 nitrogen and oxygen atoms in total. The van der Waals surface area contributed by atoms with Crippen LogP contribution in [-0.4, -0.2) is 29.9 Å². The predicted octanol–water partition coefficient (Wildman–Crippen LogP) is 3.10. The summed E-state index contributed by atoms with van der Waals surface area (Å²) in [7, 11) is -1.10. The van der Waals surface area contributed by atoms with Crippen molar-refractivity contribution < 1.29 is 8.60 Å². The van der Waals surface area contributed by atoms with Crippen LogP contribution >= 0.6 is 27.3 Å². The van der Waals surface area contributed by atoms with Gasteiger partial charge in [0.05, 0.1) is 22.7 Å². The molecule has 1 unspecified atom stereocenters. The van der Waals surface area contributed by atoms with Gasteiger partial charge in [-0.05, 0) is 24.3 Å². The van der Waals surface area contributed by atoms with Crippen LogP contribution in [0.5, 0.6) is 0 Å². The van der Waals surface area contributed by atoms with Crippen LogP contribution in [0.3, 0.4) is 0 Å². The first-order valence-electron chi connectivity index (χ1n) is 5.74. The molecule has 1 atom stereocenters. The summed E-state index contributed by atoms with van der Waals surface area (Å²) < 4.78 is 26.9. The third kappa shape index (κ3) is 2.68. The Bertz CT molecular complexity index is 737. The number of rotatable bonds is 4. The molecule has 0 saturated heterocycles. The Kier molecular flexibility index (Phi) is 3.95. The van der Waals surface area contributed by atoms with Crippen LogP contribution in [0.4, 0.5) is 4.39 Å². The molecule has 0 fully saturated rings. The molecule has 0 aliphatic carbocycles. The second kappa shape index (κ2) is 5.71. The van der Waals surface area contributed by atoms with Crippen molar-refractivity contribution >= 4 is 43.0 Å². The Morgan fingerprint density at radius 2 is 2.10 bits per heavy atom. The number of nitrogens with zero attached hydrogens (tertiary/aromatic N) is 3. The number of halogens is 2. The van der Waals surface area contributed by atoms with Gasteiger partial charge >= 0.3 is 0 Å². The highest BCUT2D eigenvalue weighted by atomic mass is 79.9. The molecule has 0 N–H and O–H groups in total. The third-order valence-electron chi connectivity index (χ3n) is 2.62. The first-order valence-corrected chi connectivity index (χ1v) is 8.99. The maximum absolute atomic E-state index is 12.9. The predicted molar refractivity (Wildman–Crippen MR) is 81.3 cm³/mol. The van der Waals surface area contributed by atoms with Gasteiger partial charge in [0, 0.05) is 16.6 Å². The molecule has 20 heavy (non-hydrogen) atoms. The zero-order chi connectivity index (χ0) is 14.1. The summed E-state index contributed by atoms with van der Waals surface area (Å²) in [4.78, 5) is 5.11. The number of alkyl halides is 1. The Labute approximate surface area is 129 Å². The highest BCUT2D eigenvalue weighted by Crippen LogP contribution is 2.23. The van der Waals surface area contributed by atoms with Crippen LogP contribution in [0.15, 0.2) is 34.8 Å². The van der Waals surface area contributed by atoms with Gasteiger partial charge in [-0.2, -0.15) is 0 Å². The van der Waals surface area contributed by atoms with Gasteiger partial charge in [0.2, 0.25) is 9.30 Å². The number of fused-ring (bicyclic) bond motifs is 1. The Hall–Kier alpha value is -1.12. The van der Waals surface area contributed by atoms with Crippen LogP contribution < -0.4 is 0 Å². The van der Waals surface area contributed by atoms with Gasteiger partial charge in [-0.3, -0.25) is 4.21 Å². The summed E-state index contributed by atoms with van der Waals surface area (Å²) in [6.07, 6.45) is 1.76. The van der Waals surface area contributed by atoms with Gasteiger partial charge in [-0.25, -0.2) is 13.9 Å². The molecule has 8 heteroatoms. The van der Waals surface area contributed by atoms with E-state index in [1.54, 1.807) is 22.8 Å². The largest absolute Gasteiger partial charge is 0.252 e. The van der Waals surface area contributed by atoms with E-state index < -0.39 is 10.8 Å². The standard InChI is InChI=1S/C12H9BrFN3OS2/c13-5-6-20(18)12-16-17-7-10(15-11(17)19-12)8-1-3-9(14)4-2-8/h1-4,7H,5-6H2. The summed E-state index contributed by atoms with van der Waals surface area (Å²) >= 11 is 4.57. The molecule has 3 aromatic rings. The Morgan fingerprint density at radius 1 is 1.35 bits per heavy atom. The van der Waals surface area contributed by atoms with Crippen LogP contribution in [0, 0.1) is 5.82 Å². The van der Waals surface area contributed by atoms with E-state index in [4.69, 9.17) is 0 Å². The summed E-state index contributed by atoms with van der Waals surface area (Å²) in [6, 6.07) is 6.14. The monoisotopic (exact) mass is 373 g/mol. The summed E-state index contributed by atoms with van der Waals surface area (Å²) in [5.41, 5.74) is 1.55. The minimum absolute atomic E-state index is 0.277. The molecule has 0 radical (unpaired) electrons. The van der Waals surface area contributed by atoms with Gasteiger partial charge in [-0.15, -0.1) is 5.10 Å². The topological polar surface area (TPSA) is 47.3 Å². The molecule has 0 bridgehead atoms. The van der Waals surface area contributed by atoms with E-state index in [0.717, 1.165) is 11.3 Å². The molecule has 3 rings (SSSR count). The van der Waals surface area contributed by atoms with Gasteiger partial charge in [0.25, 0.3) is 0 Å². The van der Waals surface area contributed by atoms with E-state index in [-0.39, 0.29) is 5.82 Å². The van der Waals surface area contributed by atoms with E-state index in [9.17, 15) is 8.60 Å². The smallest absolute Gasteiger partial charge is 0.213 e. The van der Waals surface area contributed by atoms with Crippen LogP contribution in [0.25, 0.3) is 16.2 Å². The van der Waals surface area contributed by atoms with Crippen molar-refractivity contribution in [1.82, 2.24) is 14.6 Å². The molecule has 0 aliphatic heterocycles. The number of imidazole rings is 1. The molecule has 0 aliphatic rings. The summed E-state index contributed by atoms with van der Waals surface area (Å²) in [5.74, 6) is 0.252. The fourth-order valence-electron chi connectivity index (χ4n) is 1.69. The Morgan fingerprint density at radius 3 is 2.75 bits per heavy atom.